The van der Waals surface area contributed by atoms with Gasteiger partial charge in [0.1, 0.15) is 0 Å². The fourth-order valence-electron chi connectivity index (χ4n) is 2.13. The first-order chi connectivity index (χ1) is 9.69. The van der Waals surface area contributed by atoms with Crippen molar-refractivity contribution in [2.75, 3.05) is 20.3 Å². The van der Waals surface area contributed by atoms with Crippen molar-refractivity contribution in [1.82, 2.24) is 5.32 Å². The highest BCUT2D eigenvalue weighted by atomic mass is 79.9. The molecule has 20 heavy (non-hydrogen) atoms. The number of ether oxygens (including phenoxy) is 1. The molecule has 0 aliphatic heterocycles. The molecule has 0 fully saturated rings. The van der Waals surface area contributed by atoms with E-state index in [-0.39, 0.29) is 11.8 Å². The molecular weight excluding hydrogens is 318 g/mol. The molecule has 1 N–H and O–H groups in total. The number of hydrogen-bond acceptors (Lipinski definition) is 2. The van der Waals surface area contributed by atoms with Gasteiger partial charge in [0, 0.05) is 54.6 Å². The number of methoxy groups -OCH3 is 1. The summed E-state index contributed by atoms with van der Waals surface area (Å²) in [7, 11) is 1.70. The summed E-state index contributed by atoms with van der Waals surface area (Å²) in [4.78, 5) is 13.9. The maximum atomic E-state index is 11.1. The standard InChI is InChI=1S/C16H20BrNO2/c1-13(19)18-12-15(7-5-11-20-2)16-8-4-3-6-14(16)9-10-17/h3-4,6,8,15H,5,7,11-12H2,1-2H3,(H,18,19). The third-order valence-electron chi connectivity index (χ3n) is 3.08. The Balaban J connectivity index is 2.89. The van der Waals surface area contributed by atoms with Gasteiger partial charge in [0.25, 0.3) is 0 Å². The lowest BCUT2D eigenvalue weighted by molar-refractivity contribution is -0.119. The number of carbonyl (C=O) groups is 1. The summed E-state index contributed by atoms with van der Waals surface area (Å²) >= 11 is 3.14. The molecule has 0 saturated carbocycles. The zero-order valence-corrected chi connectivity index (χ0v) is 13.5. The molecule has 1 aromatic rings. The number of carbonyl (C=O) groups excluding carboxylic acids is 1. The lowest BCUT2D eigenvalue weighted by Crippen LogP contribution is -2.26. The van der Waals surface area contributed by atoms with Gasteiger partial charge in [-0.05, 0) is 29.3 Å². The summed E-state index contributed by atoms with van der Waals surface area (Å²) in [6.07, 6.45) is 1.91. The largest absolute Gasteiger partial charge is 0.385 e. The van der Waals surface area contributed by atoms with E-state index < -0.39 is 0 Å². The molecule has 0 bridgehead atoms. The molecule has 108 valence electrons. The van der Waals surface area contributed by atoms with Crippen LogP contribution in [0.4, 0.5) is 0 Å². The van der Waals surface area contributed by atoms with Crippen LogP contribution in [0.2, 0.25) is 0 Å². The maximum Gasteiger partial charge on any atom is 0.216 e. The lowest BCUT2D eigenvalue weighted by atomic mass is 9.90. The van der Waals surface area contributed by atoms with Crippen LogP contribution in [0.15, 0.2) is 24.3 Å². The Bertz CT molecular complexity index is 491. The number of nitrogens with one attached hydrogen (secondary N) is 1. The topological polar surface area (TPSA) is 38.3 Å². The zero-order valence-electron chi connectivity index (χ0n) is 11.9. The van der Waals surface area contributed by atoms with Gasteiger partial charge in [0.05, 0.1) is 0 Å². The SMILES string of the molecule is COCCCC(CNC(C)=O)c1ccccc1C#CBr. The van der Waals surface area contributed by atoms with Crippen LogP contribution < -0.4 is 5.32 Å². The van der Waals surface area contributed by atoms with E-state index in [1.54, 1.807) is 7.11 Å². The van der Waals surface area contributed by atoms with Gasteiger partial charge in [-0.15, -0.1) is 0 Å². The Morgan fingerprint density at radius 1 is 1.45 bits per heavy atom. The molecule has 0 aromatic heterocycles. The van der Waals surface area contributed by atoms with Gasteiger partial charge in [-0.1, -0.05) is 24.1 Å². The van der Waals surface area contributed by atoms with Crippen molar-refractivity contribution in [2.45, 2.75) is 25.7 Å². The molecule has 0 aliphatic carbocycles. The third kappa shape index (κ3) is 5.77. The second-order valence-corrected chi connectivity index (χ2v) is 4.97. The first-order valence-corrected chi connectivity index (χ1v) is 7.42. The first-order valence-electron chi connectivity index (χ1n) is 6.63. The van der Waals surface area contributed by atoms with Crippen molar-refractivity contribution in [3.8, 4) is 10.8 Å². The Hall–Kier alpha value is -1.31. The van der Waals surface area contributed by atoms with Gasteiger partial charge < -0.3 is 10.1 Å². The van der Waals surface area contributed by atoms with E-state index in [0.717, 1.165) is 25.0 Å². The van der Waals surface area contributed by atoms with Gasteiger partial charge in [0.15, 0.2) is 0 Å². The Morgan fingerprint density at radius 2 is 2.20 bits per heavy atom. The first kappa shape index (κ1) is 16.7. The maximum absolute atomic E-state index is 11.1. The molecule has 0 radical (unpaired) electrons. The van der Waals surface area contributed by atoms with Gasteiger partial charge in [-0.2, -0.15) is 0 Å². The number of benzene rings is 1. The number of halogens is 1. The number of amides is 1. The average molecular weight is 338 g/mol. The minimum atomic E-state index is -0.00852. The highest BCUT2D eigenvalue weighted by molar-refractivity contribution is 9.12. The summed E-state index contributed by atoms with van der Waals surface area (Å²) < 4.78 is 5.11. The van der Waals surface area contributed by atoms with Crippen LogP contribution in [0.3, 0.4) is 0 Å². The monoisotopic (exact) mass is 337 g/mol. The fourth-order valence-corrected chi connectivity index (χ4v) is 2.34. The summed E-state index contributed by atoms with van der Waals surface area (Å²) in [6.45, 7) is 2.89. The molecule has 4 heteroatoms. The highest BCUT2D eigenvalue weighted by Crippen LogP contribution is 2.24. The normalized spacial score (nSPS) is 11.3. The second kappa shape index (κ2) is 9.57. The van der Waals surface area contributed by atoms with E-state index in [0.29, 0.717) is 6.54 Å². The Kier molecular flexibility index (Phi) is 8.01. The molecule has 0 saturated heterocycles. The molecule has 1 unspecified atom stereocenters. The van der Waals surface area contributed by atoms with Crippen LogP contribution in [-0.2, 0) is 9.53 Å². The summed E-state index contributed by atoms with van der Waals surface area (Å²) in [5, 5.41) is 2.90. The molecular formula is C16H20BrNO2. The Morgan fingerprint density at radius 3 is 2.85 bits per heavy atom. The van der Waals surface area contributed by atoms with Crippen molar-refractivity contribution in [3.63, 3.8) is 0 Å². The van der Waals surface area contributed by atoms with Crippen LogP contribution in [0.1, 0.15) is 36.8 Å². The van der Waals surface area contributed by atoms with Crippen LogP contribution in [0, 0.1) is 10.8 Å². The third-order valence-corrected chi connectivity index (χ3v) is 3.28. The van der Waals surface area contributed by atoms with Crippen LogP contribution in [0.25, 0.3) is 0 Å². The predicted octanol–water partition coefficient (Wildman–Crippen LogP) is 3.04. The Labute approximate surface area is 129 Å². The van der Waals surface area contributed by atoms with Gasteiger partial charge in [0.2, 0.25) is 5.91 Å². The molecule has 0 heterocycles. The predicted molar refractivity (Wildman–Crippen MR) is 84.8 cm³/mol. The van der Waals surface area contributed by atoms with Gasteiger partial charge in [-0.3, -0.25) is 4.79 Å². The molecule has 3 nitrogen and oxygen atoms in total. The van der Waals surface area contributed by atoms with E-state index in [9.17, 15) is 4.79 Å². The van der Waals surface area contributed by atoms with E-state index >= 15 is 0 Å². The molecule has 0 spiro atoms. The second-order valence-electron chi connectivity index (χ2n) is 4.58. The number of rotatable bonds is 7. The van der Waals surface area contributed by atoms with Crippen LogP contribution in [0.5, 0.6) is 0 Å². The summed E-state index contributed by atoms with van der Waals surface area (Å²) in [6, 6.07) is 8.05. The average Bonchev–Trinajstić information content (AvgIpc) is 2.44. The van der Waals surface area contributed by atoms with E-state index in [2.05, 4.69) is 38.1 Å². The smallest absolute Gasteiger partial charge is 0.216 e. The van der Waals surface area contributed by atoms with E-state index in [1.165, 1.54) is 12.5 Å². The minimum absolute atomic E-state index is 0.00852. The van der Waals surface area contributed by atoms with Gasteiger partial charge in [-0.25, -0.2) is 0 Å². The summed E-state index contributed by atoms with van der Waals surface area (Å²) in [5.74, 6) is 3.30. The molecule has 1 atom stereocenters. The fraction of sp³-hybridized carbons (Fsp3) is 0.438. The van der Waals surface area contributed by atoms with E-state index in [1.807, 2.05) is 18.2 Å². The lowest BCUT2D eigenvalue weighted by Gasteiger charge is -2.19. The van der Waals surface area contributed by atoms with Crippen molar-refractivity contribution >= 4 is 21.8 Å². The van der Waals surface area contributed by atoms with E-state index in [4.69, 9.17) is 4.74 Å². The van der Waals surface area contributed by atoms with Gasteiger partial charge >= 0.3 is 0 Å². The highest BCUT2D eigenvalue weighted by Gasteiger charge is 2.14. The quantitative estimate of drug-likeness (QED) is 0.613. The van der Waals surface area contributed by atoms with Crippen molar-refractivity contribution < 1.29 is 9.53 Å². The molecule has 1 aromatic carbocycles. The number of hydrogen-bond donors (Lipinski definition) is 1. The van der Waals surface area contributed by atoms with Crippen molar-refractivity contribution in [3.05, 3.63) is 35.4 Å². The minimum Gasteiger partial charge on any atom is -0.385 e. The van der Waals surface area contributed by atoms with Crippen LogP contribution >= 0.6 is 15.9 Å². The molecule has 1 rings (SSSR count). The van der Waals surface area contributed by atoms with Crippen molar-refractivity contribution in [1.29, 1.82) is 0 Å². The van der Waals surface area contributed by atoms with Crippen LogP contribution in [-0.4, -0.2) is 26.2 Å². The summed E-state index contributed by atoms with van der Waals surface area (Å²) in [5.41, 5.74) is 2.17. The van der Waals surface area contributed by atoms with Crippen molar-refractivity contribution in [2.24, 2.45) is 0 Å². The molecule has 0 aliphatic rings. The zero-order chi connectivity index (χ0) is 14.8. The molecule has 1 amide bonds.